The summed E-state index contributed by atoms with van der Waals surface area (Å²) in [6, 6.07) is 0. The lowest BCUT2D eigenvalue weighted by Gasteiger charge is -2.08. The molecule has 1 saturated heterocycles. The molecule has 2 atom stereocenters. The fourth-order valence-electron chi connectivity index (χ4n) is 2.01. The van der Waals surface area contributed by atoms with Crippen LogP contribution in [0, 0.1) is 0 Å². The Morgan fingerprint density at radius 1 is 1.39 bits per heavy atom. The molecule has 0 amide bonds. The van der Waals surface area contributed by atoms with Crippen LogP contribution in [0.5, 0.6) is 0 Å². The zero-order valence-electron chi connectivity index (χ0n) is 11.2. The van der Waals surface area contributed by atoms with Crippen LogP contribution in [0.25, 0.3) is 0 Å². The molecule has 1 rings (SSSR count). The van der Waals surface area contributed by atoms with Gasteiger partial charge in [0.2, 0.25) is 0 Å². The summed E-state index contributed by atoms with van der Waals surface area (Å²) in [4.78, 5) is 11.1. The molecule has 106 valence electrons. The summed E-state index contributed by atoms with van der Waals surface area (Å²) in [5.74, 6) is 1.28. The number of carbonyl (C=O) groups excluding carboxylic acids is 1. The van der Waals surface area contributed by atoms with Gasteiger partial charge < -0.3 is 9.47 Å². The van der Waals surface area contributed by atoms with Crippen molar-refractivity contribution in [1.29, 1.82) is 0 Å². The van der Waals surface area contributed by atoms with Crippen LogP contribution in [-0.2, 0) is 25.1 Å². The molecule has 0 aliphatic carbocycles. The van der Waals surface area contributed by atoms with E-state index in [0.717, 1.165) is 44.5 Å². The summed E-state index contributed by atoms with van der Waals surface area (Å²) >= 11 is 0. The number of esters is 1. The van der Waals surface area contributed by atoms with Crippen molar-refractivity contribution < 1.29 is 18.5 Å². The Labute approximate surface area is 112 Å². The number of rotatable bonds is 9. The molecule has 1 aliphatic heterocycles. The largest absolute Gasteiger partial charge is 0.466 e. The Morgan fingerprint density at radius 2 is 2.22 bits per heavy atom. The fraction of sp³-hybridized carbons (Fsp3) is 0.923. The fourth-order valence-corrected chi connectivity index (χ4v) is 3.38. The van der Waals surface area contributed by atoms with E-state index in [1.54, 1.807) is 0 Å². The van der Waals surface area contributed by atoms with Crippen molar-refractivity contribution in [3.63, 3.8) is 0 Å². The number of carbonyl (C=O) groups is 1. The topological polar surface area (TPSA) is 52.6 Å². The molecule has 5 heteroatoms. The van der Waals surface area contributed by atoms with E-state index in [-0.39, 0.29) is 12.1 Å². The first-order chi connectivity index (χ1) is 8.72. The highest BCUT2D eigenvalue weighted by Gasteiger charge is 2.17. The Balaban J connectivity index is 1.93. The van der Waals surface area contributed by atoms with Gasteiger partial charge in [-0.25, -0.2) is 0 Å². The molecule has 4 nitrogen and oxygen atoms in total. The van der Waals surface area contributed by atoms with Crippen LogP contribution in [-0.4, -0.2) is 41.0 Å². The van der Waals surface area contributed by atoms with Crippen LogP contribution in [0.1, 0.15) is 45.4 Å². The van der Waals surface area contributed by atoms with Crippen molar-refractivity contribution >= 4 is 16.8 Å². The number of ether oxygens (including phenoxy) is 2. The summed E-state index contributed by atoms with van der Waals surface area (Å²) in [6.45, 7) is 3.08. The van der Waals surface area contributed by atoms with Gasteiger partial charge in [-0.2, -0.15) is 0 Å². The van der Waals surface area contributed by atoms with Crippen molar-refractivity contribution in [3.05, 3.63) is 0 Å². The third-order valence-electron chi connectivity index (χ3n) is 2.95. The van der Waals surface area contributed by atoms with Crippen molar-refractivity contribution in [2.24, 2.45) is 0 Å². The molecule has 0 spiro atoms. The van der Waals surface area contributed by atoms with Gasteiger partial charge in [0, 0.05) is 35.3 Å². The summed E-state index contributed by atoms with van der Waals surface area (Å²) in [7, 11) is -0.769. The zero-order chi connectivity index (χ0) is 13.2. The van der Waals surface area contributed by atoms with Gasteiger partial charge in [-0.3, -0.25) is 9.00 Å². The minimum Gasteiger partial charge on any atom is -0.466 e. The third kappa shape index (κ3) is 7.11. The first kappa shape index (κ1) is 15.6. The lowest BCUT2D eigenvalue weighted by molar-refractivity contribution is -0.143. The van der Waals surface area contributed by atoms with Crippen molar-refractivity contribution in [3.8, 4) is 0 Å². The highest BCUT2D eigenvalue weighted by Crippen LogP contribution is 2.13. The van der Waals surface area contributed by atoms with Crippen LogP contribution < -0.4 is 0 Å². The SMILES string of the molecule is CCOC(=O)CCCCCS(=O)CC1CCCO1. The molecule has 0 aromatic rings. The Morgan fingerprint density at radius 3 is 2.89 bits per heavy atom. The monoisotopic (exact) mass is 276 g/mol. The predicted molar refractivity (Wildman–Crippen MR) is 72.0 cm³/mol. The number of hydrogen-bond donors (Lipinski definition) is 0. The summed E-state index contributed by atoms with van der Waals surface area (Å²) < 4.78 is 22.0. The molecule has 0 saturated carbocycles. The van der Waals surface area contributed by atoms with Gasteiger partial charge in [0.1, 0.15) is 0 Å². The van der Waals surface area contributed by atoms with Gasteiger partial charge in [-0.05, 0) is 32.6 Å². The average Bonchev–Trinajstić information content (AvgIpc) is 2.81. The average molecular weight is 276 g/mol. The summed E-state index contributed by atoms with van der Waals surface area (Å²) in [5.41, 5.74) is 0. The Kier molecular flexibility index (Phi) is 8.25. The zero-order valence-corrected chi connectivity index (χ0v) is 12.0. The Bertz CT molecular complexity index is 262. The first-order valence-electron chi connectivity index (χ1n) is 6.84. The van der Waals surface area contributed by atoms with E-state index in [9.17, 15) is 9.00 Å². The minimum absolute atomic E-state index is 0.127. The third-order valence-corrected chi connectivity index (χ3v) is 4.44. The van der Waals surface area contributed by atoms with Gasteiger partial charge >= 0.3 is 5.97 Å². The number of unbranched alkanes of at least 4 members (excludes halogenated alkanes) is 2. The van der Waals surface area contributed by atoms with Gasteiger partial charge in [0.05, 0.1) is 12.7 Å². The molecule has 0 aromatic carbocycles. The van der Waals surface area contributed by atoms with E-state index in [0.29, 0.717) is 18.8 Å². The maximum Gasteiger partial charge on any atom is 0.305 e. The van der Waals surface area contributed by atoms with Crippen LogP contribution in [0.15, 0.2) is 0 Å². The van der Waals surface area contributed by atoms with Gasteiger partial charge in [0.25, 0.3) is 0 Å². The second-order valence-corrected chi connectivity index (χ2v) is 6.18. The van der Waals surface area contributed by atoms with E-state index in [1.165, 1.54) is 0 Å². The van der Waals surface area contributed by atoms with Gasteiger partial charge in [0.15, 0.2) is 0 Å². The molecule has 0 radical (unpaired) electrons. The quantitative estimate of drug-likeness (QED) is 0.478. The van der Waals surface area contributed by atoms with Crippen molar-refractivity contribution in [2.45, 2.75) is 51.6 Å². The van der Waals surface area contributed by atoms with E-state index in [4.69, 9.17) is 9.47 Å². The molecular weight excluding hydrogens is 252 g/mol. The van der Waals surface area contributed by atoms with E-state index < -0.39 is 10.8 Å². The maximum atomic E-state index is 11.7. The highest BCUT2D eigenvalue weighted by atomic mass is 32.2. The van der Waals surface area contributed by atoms with E-state index in [2.05, 4.69) is 0 Å². The normalized spacial score (nSPS) is 20.8. The molecule has 1 heterocycles. The first-order valence-corrected chi connectivity index (χ1v) is 8.33. The molecule has 0 bridgehead atoms. The predicted octanol–water partition coefficient (Wildman–Crippen LogP) is 2.04. The molecule has 0 N–H and O–H groups in total. The highest BCUT2D eigenvalue weighted by molar-refractivity contribution is 7.85. The van der Waals surface area contributed by atoms with Crippen molar-refractivity contribution in [2.75, 3.05) is 24.7 Å². The molecule has 1 fully saturated rings. The smallest absolute Gasteiger partial charge is 0.305 e. The minimum atomic E-state index is -0.769. The van der Waals surface area contributed by atoms with E-state index >= 15 is 0 Å². The molecule has 18 heavy (non-hydrogen) atoms. The molecular formula is C13H24O4S. The summed E-state index contributed by atoms with van der Waals surface area (Å²) in [6.07, 6.45) is 5.53. The van der Waals surface area contributed by atoms with Crippen LogP contribution in [0.2, 0.25) is 0 Å². The molecule has 1 aliphatic rings. The molecule has 2 unspecified atom stereocenters. The standard InChI is InChI=1S/C13H24O4S/c1-2-16-13(14)8-4-3-5-10-18(15)11-12-7-6-9-17-12/h12H,2-11H2,1H3. The van der Waals surface area contributed by atoms with Gasteiger partial charge in [-0.15, -0.1) is 0 Å². The maximum absolute atomic E-state index is 11.7. The van der Waals surface area contributed by atoms with Crippen LogP contribution in [0.3, 0.4) is 0 Å². The number of hydrogen-bond acceptors (Lipinski definition) is 4. The Hall–Kier alpha value is -0.420. The second-order valence-electron chi connectivity index (χ2n) is 4.56. The second kappa shape index (κ2) is 9.50. The lowest BCUT2D eigenvalue weighted by atomic mass is 10.2. The van der Waals surface area contributed by atoms with E-state index in [1.807, 2.05) is 6.92 Å². The van der Waals surface area contributed by atoms with Gasteiger partial charge in [-0.1, -0.05) is 6.42 Å². The molecule has 0 aromatic heterocycles. The lowest BCUT2D eigenvalue weighted by Crippen LogP contribution is -2.17. The summed E-state index contributed by atoms with van der Waals surface area (Å²) in [5, 5.41) is 0. The van der Waals surface area contributed by atoms with Crippen molar-refractivity contribution in [1.82, 2.24) is 0 Å². The van der Waals surface area contributed by atoms with Crippen LogP contribution in [0.4, 0.5) is 0 Å². The van der Waals surface area contributed by atoms with Crippen LogP contribution >= 0.6 is 0 Å².